The molecule has 1 heterocycles. The van der Waals surface area contributed by atoms with Crippen LogP contribution in [-0.4, -0.2) is 24.9 Å². The van der Waals surface area contributed by atoms with Gasteiger partial charge in [0.1, 0.15) is 11.6 Å². The zero-order valence-electron chi connectivity index (χ0n) is 15.8. The molecule has 1 fully saturated rings. The lowest BCUT2D eigenvalue weighted by atomic mass is 9.82. The Morgan fingerprint density at radius 1 is 0.931 bits per heavy atom. The molecule has 29 heavy (non-hydrogen) atoms. The minimum atomic E-state index is -0.898. The van der Waals surface area contributed by atoms with E-state index >= 15 is 0 Å². The molecule has 0 aliphatic carbocycles. The first kappa shape index (κ1) is 22.8. The maximum absolute atomic E-state index is 13.8. The molecule has 0 bridgehead atoms. The monoisotopic (exact) mass is 423 g/mol. The number of benzene rings is 2. The topological polar surface area (TPSA) is 70.2 Å². The Hall–Kier alpha value is -2.51. The molecule has 5 nitrogen and oxygen atoms in total. The Labute approximate surface area is 174 Å². The lowest BCUT2D eigenvalue weighted by molar-refractivity contribution is -0.135. The molecule has 0 spiro atoms. The Morgan fingerprint density at radius 3 is 2.00 bits per heavy atom. The maximum Gasteiger partial charge on any atom is 0.228 e. The van der Waals surface area contributed by atoms with Crippen molar-refractivity contribution in [3.05, 3.63) is 71.3 Å². The second kappa shape index (κ2) is 10.3. The van der Waals surface area contributed by atoms with Crippen LogP contribution in [0.15, 0.2) is 48.5 Å². The van der Waals surface area contributed by atoms with E-state index in [-0.39, 0.29) is 55.4 Å². The molecule has 3 N–H and O–H groups in total. The number of amides is 2. The minimum absolute atomic E-state index is 0. The highest BCUT2D eigenvalue weighted by Gasteiger charge is 2.42. The molecule has 1 aliphatic rings. The zero-order chi connectivity index (χ0) is 20.0. The predicted octanol–water partition coefficient (Wildman–Crippen LogP) is 2.69. The van der Waals surface area contributed by atoms with E-state index in [1.165, 1.54) is 12.1 Å². The van der Waals surface area contributed by atoms with Gasteiger partial charge in [0.15, 0.2) is 0 Å². The van der Waals surface area contributed by atoms with Gasteiger partial charge in [0, 0.05) is 37.2 Å². The van der Waals surface area contributed by atoms with Crippen LogP contribution in [0.4, 0.5) is 8.78 Å². The average molecular weight is 424 g/mol. The van der Waals surface area contributed by atoms with Crippen molar-refractivity contribution in [1.29, 1.82) is 0 Å². The first-order valence-electron chi connectivity index (χ1n) is 9.23. The smallest absolute Gasteiger partial charge is 0.228 e. The molecule has 2 aromatic rings. The van der Waals surface area contributed by atoms with Crippen LogP contribution in [0.1, 0.15) is 24.0 Å². The number of hydrogen-bond donors (Lipinski definition) is 3. The summed E-state index contributed by atoms with van der Waals surface area (Å²) in [6.45, 7) is 1.10. The summed E-state index contributed by atoms with van der Waals surface area (Å²) in [6.07, 6.45) is 0.487. The largest absolute Gasteiger partial charge is 0.352 e. The molecular formula is C21H24ClF2N3O2. The molecule has 3 rings (SSSR count). The third-order valence-electron chi connectivity index (χ3n) is 5.06. The van der Waals surface area contributed by atoms with Crippen LogP contribution in [0.5, 0.6) is 0 Å². The van der Waals surface area contributed by atoms with E-state index in [9.17, 15) is 18.4 Å². The molecule has 2 aromatic carbocycles. The van der Waals surface area contributed by atoms with Gasteiger partial charge in [0.25, 0.3) is 0 Å². The second-order valence-corrected chi connectivity index (χ2v) is 7.03. The van der Waals surface area contributed by atoms with Crippen molar-refractivity contribution >= 4 is 24.2 Å². The van der Waals surface area contributed by atoms with E-state index in [4.69, 9.17) is 0 Å². The number of rotatable bonds is 7. The summed E-state index contributed by atoms with van der Waals surface area (Å²) >= 11 is 0. The Balaban J connectivity index is 0.00000300. The molecule has 1 unspecified atom stereocenters. The first-order chi connectivity index (χ1) is 13.5. The SMILES string of the molecule is Cl.O=C(CC1(C(=O)NCc2ccccc2F)CCNC1)NCc1ccccc1F. The van der Waals surface area contributed by atoms with Crippen molar-refractivity contribution in [3.63, 3.8) is 0 Å². The van der Waals surface area contributed by atoms with Gasteiger partial charge in [0.05, 0.1) is 5.41 Å². The van der Waals surface area contributed by atoms with E-state index in [0.717, 1.165) is 0 Å². The number of hydrogen-bond acceptors (Lipinski definition) is 3. The summed E-state index contributed by atoms with van der Waals surface area (Å²) in [5.41, 5.74) is -0.121. The van der Waals surface area contributed by atoms with Gasteiger partial charge in [-0.1, -0.05) is 36.4 Å². The number of halogens is 3. The van der Waals surface area contributed by atoms with Gasteiger partial charge in [-0.3, -0.25) is 9.59 Å². The van der Waals surface area contributed by atoms with Crippen LogP contribution in [0.3, 0.4) is 0 Å². The van der Waals surface area contributed by atoms with E-state index in [1.54, 1.807) is 36.4 Å². The van der Waals surface area contributed by atoms with Crippen molar-refractivity contribution in [1.82, 2.24) is 16.0 Å². The highest BCUT2D eigenvalue weighted by atomic mass is 35.5. The van der Waals surface area contributed by atoms with Crippen LogP contribution in [0.25, 0.3) is 0 Å². The molecule has 2 amide bonds. The average Bonchev–Trinajstić information content (AvgIpc) is 3.16. The van der Waals surface area contributed by atoms with Gasteiger partial charge < -0.3 is 16.0 Å². The molecule has 1 atom stereocenters. The van der Waals surface area contributed by atoms with E-state index < -0.39 is 5.41 Å². The van der Waals surface area contributed by atoms with Gasteiger partial charge in [0.2, 0.25) is 11.8 Å². The third kappa shape index (κ3) is 5.74. The zero-order valence-corrected chi connectivity index (χ0v) is 16.7. The van der Waals surface area contributed by atoms with Crippen LogP contribution in [0.2, 0.25) is 0 Å². The first-order valence-corrected chi connectivity index (χ1v) is 9.23. The molecule has 1 aliphatic heterocycles. The summed E-state index contributed by atoms with van der Waals surface area (Å²) in [4.78, 5) is 25.2. The molecule has 8 heteroatoms. The van der Waals surface area contributed by atoms with E-state index in [0.29, 0.717) is 30.6 Å². The number of carbonyl (C=O) groups is 2. The number of nitrogens with one attached hydrogen (secondary N) is 3. The normalized spacial score (nSPS) is 18.0. The Bertz CT molecular complexity index is 857. The van der Waals surface area contributed by atoms with E-state index in [1.807, 2.05) is 0 Å². The van der Waals surface area contributed by atoms with Gasteiger partial charge in [-0.15, -0.1) is 12.4 Å². The second-order valence-electron chi connectivity index (χ2n) is 7.03. The maximum atomic E-state index is 13.8. The predicted molar refractivity (Wildman–Crippen MR) is 108 cm³/mol. The van der Waals surface area contributed by atoms with Gasteiger partial charge in [-0.25, -0.2) is 8.78 Å². The molecule has 156 valence electrons. The fraction of sp³-hybridized carbons (Fsp3) is 0.333. The summed E-state index contributed by atoms with van der Waals surface area (Å²) in [6, 6.07) is 12.4. The van der Waals surface area contributed by atoms with Crippen LogP contribution in [0, 0.1) is 17.0 Å². The molecule has 0 aromatic heterocycles. The van der Waals surface area contributed by atoms with Crippen molar-refractivity contribution in [2.75, 3.05) is 13.1 Å². The minimum Gasteiger partial charge on any atom is -0.352 e. The molecule has 0 radical (unpaired) electrons. The molecule has 0 saturated carbocycles. The standard InChI is InChI=1S/C21H23F2N3O2.ClH/c22-17-7-3-1-5-15(17)12-25-19(27)11-21(9-10-24-14-21)20(28)26-13-16-6-2-4-8-18(16)23;/h1-8,24H,9-14H2,(H,25,27)(H,26,28);1H. The summed E-state index contributed by atoms with van der Waals surface area (Å²) in [5.74, 6) is -1.39. The lowest BCUT2D eigenvalue weighted by Crippen LogP contribution is -2.45. The number of carbonyl (C=O) groups excluding carboxylic acids is 2. The highest BCUT2D eigenvalue weighted by Crippen LogP contribution is 2.30. The Morgan fingerprint density at radius 2 is 1.48 bits per heavy atom. The van der Waals surface area contributed by atoms with Gasteiger partial charge in [-0.05, 0) is 25.1 Å². The van der Waals surface area contributed by atoms with Gasteiger partial charge in [-0.2, -0.15) is 0 Å². The fourth-order valence-electron chi connectivity index (χ4n) is 3.38. The summed E-state index contributed by atoms with van der Waals surface area (Å²) in [5, 5.41) is 8.55. The van der Waals surface area contributed by atoms with Crippen LogP contribution >= 0.6 is 12.4 Å². The molecule has 1 saturated heterocycles. The van der Waals surface area contributed by atoms with Crippen molar-refractivity contribution in [2.45, 2.75) is 25.9 Å². The van der Waals surface area contributed by atoms with Crippen molar-refractivity contribution < 1.29 is 18.4 Å². The van der Waals surface area contributed by atoms with E-state index in [2.05, 4.69) is 16.0 Å². The lowest BCUT2D eigenvalue weighted by Gasteiger charge is -2.26. The van der Waals surface area contributed by atoms with Crippen molar-refractivity contribution in [2.24, 2.45) is 5.41 Å². The Kier molecular flexibility index (Phi) is 8.10. The van der Waals surface area contributed by atoms with Gasteiger partial charge >= 0.3 is 0 Å². The van der Waals surface area contributed by atoms with Crippen LogP contribution in [-0.2, 0) is 22.7 Å². The van der Waals surface area contributed by atoms with Crippen molar-refractivity contribution in [3.8, 4) is 0 Å². The van der Waals surface area contributed by atoms with Crippen LogP contribution < -0.4 is 16.0 Å². The summed E-state index contributed by atoms with van der Waals surface area (Å²) in [7, 11) is 0. The fourth-order valence-corrected chi connectivity index (χ4v) is 3.38. The quantitative estimate of drug-likeness (QED) is 0.641. The third-order valence-corrected chi connectivity index (χ3v) is 5.06. The molecular weight excluding hydrogens is 400 g/mol. The summed E-state index contributed by atoms with van der Waals surface area (Å²) < 4.78 is 27.4. The highest BCUT2D eigenvalue weighted by molar-refractivity contribution is 5.89.